The summed E-state index contributed by atoms with van der Waals surface area (Å²) in [4.78, 5) is 36.2. The zero-order chi connectivity index (χ0) is 18.8. The minimum Gasteiger partial charge on any atom is -0.326 e. The number of hydrogen-bond acceptors (Lipinski definition) is 3. The van der Waals surface area contributed by atoms with E-state index in [4.69, 9.17) is 0 Å². The van der Waals surface area contributed by atoms with Gasteiger partial charge in [-0.25, -0.2) is 0 Å². The van der Waals surface area contributed by atoms with Crippen LogP contribution in [0.25, 0.3) is 0 Å². The molecule has 2 aromatic rings. The van der Waals surface area contributed by atoms with E-state index < -0.39 is 0 Å². The summed E-state index contributed by atoms with van der Waals surface area (Å²) in [6.45, 7) is 5.43. The number of amides is 2. The largest absolute Gasteiger partial charge is 0.326 e. The Bertz CT molecular complexity index is 889. The van der Waals surface area contributed by atoms with Crippen LogP contribution in [0.3, 0.4) is 0 Å². The summed E-state index contributed by atoms with van der Waals surface area (Å²) in [7, 11) is 0. The molecule has 0 saturated heterocycles. The molecular formula is C21H22N2O3. The van der Waals surface area contributed by atoms with Gasteiger partial charge >= 0.3 is 0 Å². The molecule has 0 bridgehead atoms. The zero-order valence-electron chi connectivity index (χ0n) is 15.1. The van der Waals surface area contributed by atoms with E-state index in [-0.39, 0.29) is 29.4 Å². The van der Waals surface area contributed by atoms with Crippen LogP contribution in [0.2, 0.25) is 0 Å². The number of rotatable bonds is 5. The van der Waals surface area contributed by atoms with Gasteiger partial charge < -0.3 is 10.6 Å². The Kier molecular flexibility index (Phi) is 4.89. The Balaban J connectivity index is 1.59. The van der Waals surface area contributed by atoms with Crippen LogP contribution in [0.15, 0.2) is 42.5 Å². The third-order valence-corrected chi connectivity index (χ3v) is 4.64. The van der Waals surface area contributed by atoms with E-state index in [0.717, 1.165) is 16.8 Å². The number of anilines is 2. The molecule has 5 heteroatoms. The topological polar surface area (TPSA) is 75.3 Å². The summed E-state index contributed by atoms with van der Waals surface area (Å²) in [5.74, 6) is -1.02. The van der Waals surface area contributed by atoms with Gasteiger partial charge in [-0.15, -0.1) is 0 Å². The Morgan fingerprint density at radius 2 is 1.62 bits per heavy atom. The highest BCUT2D eigenvalue weighted by atomic mass is 16.2. The number of benzene rings is 2. The third-order valence-electron chi connectivity index (χ3n) is 4.64. The van der Waals surface area contributed by atoms with Crippen molar-refractivity contribution in [1.82, 2.24) is 0 Å². The first-order valence-corrected chi connectivity index (χ1v) is 8.65. The van der Waals surface area contributed by atoms with Gasteiger partial charge in [0.25, 0.3) is 0 Å². The SMILES string of the molecule is CC(=O)c1cccc(NC(=O)C2CC2C(=O)Nc2ccc(C)cc2C)c1. The second kappa shape index (κ2) is 7.12. The van der Waals surface area contributed by atoms with Crippen molar-refractivity contribution in [2.75, 3.05) is 10.6 Å². The van der Waals surface area contributed by atoms with Crippen molar-refractivity contribution in [2.45, 2.75) is 27.2 Å². The molecule has 2 amide bonds. The number of Topliss-reactive ketones (excluding diaryl/α,β-unsaturated/α-hetero) is 1. The highest BCUT2D eigenvalue weighted by molar-refractivity contribution is 6.04. The first-order valence-electron chi connectivity index (χ1n) is 8.65. The van der Waals surface area contributed by atoms with Crippen LogP contribution in [-0.4, -0.2) is 17.6 Å². The molecule has 1 saturated carbocycles. The van der Waals surface area contributed by atoms with Crippen LogP contribution < -0.4 is 10.6 Å². The fourth-order valence-corrected chi connectivity index (χ4v) is 3.00. The van der Waals surface area contributed by atoms with Crippen molar-refractivity contribution < 1.29 is 14.4 Å². The number of ketones is 1. The highest BCUT2D eigenvalue weighted by Crippen LogP contribution is 2.40. The Morgan fingerprint density at radius 1 is 0.923 bits per heavy atom. The van der Waals surface area contributed by atoms with E-state index in [1.165, 1.54) is 6.92 Å². The molecule has 26 heavy (non-hydrogen) atoms. The average molecular weight is 350 g/mol. The molecule has 0 spiro atoms. The number of carbonyl (C=O) groups is 3. The molecule has 2 aromatic carbocycles. The van der Waals surface area contributed by atoms with Gasteiger partial charge in [-0.2, -0.15) is 0 Å². The molecule has 134 valence electrons. The van der Waals surface area contributed by atoms with Crippen LogP contribution in [-0.2, 0) is 9.59 Å². The first-order chi connectivity index (χ1) is 12.3. The summed E-state index contributed by atoms with van der Waals surface area (Å²) in [6, 6.07) is 12.6. The molecule has 2 unspecified atom stereocenters. The number of hydrogen-bond donors (Lipinski definition) is 2. The summed E-state index contributed by atoms with van der Waals surface area (Å²) in [5, 5.41) is 5.70. The van der Waals surface area contributed by atoms with Crippen LogP contribution in [0, 0.1) is 25.7 Å². The van der Waals surface area contributed by atoms with Crippen molar-refractivity contribution in [3.05, 3.63) is 59.2 Å². The van der Waals surface area contributed by atoms with Crippen LogP contribution in [0.1, 0.15) is 34.8 Å². The molecule has 0 radical (unpaired) electrons. The lowest BCUT2D eigenvalue weighted by Crippen LogP contribution is -2.21. The van der Waals surface area contributed by atoms with Gasteiger partial charge in [0.15, 0.2) is 5.78 Å². The second-order valence-electron chi connectivity index (χ2n) is 6.88. The molecule has 0 heterocycles. The van der Waals surface area contributed by atoms with Gasteiger partial charge in [-0.3, -0.25) is 14.4 Å². The lowest BCUT2D eigenvalue weighted by molar-refractivity contribution is -0.122. The van der Waals surface area contributed by atoms with E-state index in [9.17, 15) is 14.4 Å². The fourth-order valence-electron chi connectivity index (χ4n) is 3.00. The predicted molar refractivity (Wildman–Crippen MR) is 101 cm³/mol. The summed E-state index contributed by atoms with van der Waals surface area (Å²) < 4.78 is 0. The Labute approximate surface area is 152 Å². The van der Waals surface area contributed by atoms with Gasteiger partial charge in [0.1, 0.15) is 0 Å². The van der Waals surface area contributed by atoms with Gasteiger partial charge in [-0.1, -0.05) is 29.8 Å². The van der Waals surface area contributed by atoms with E-state index in [0.29, 0.717) is 17.7 Å². The monoisotopic (exact) mass is 350 g/mol. The maximum absolute atomic E-state index is 12.4. The summed E-state index contributed by atoms with van der Waals surface area (Å²) in [5.41, 5.74) is 4.03. The molecule has 2 atom stereocenters. The quantitative estimate of drug-likeness (QED) is 0.807. The molecule has 5 nitrogen and oxygen atoms in total. The van der Waals surface area contributed by atoms with E-state index >= 15 is 0 Å². The minimum atomic E-state index is -0.332. The normalized spacial score (nSPS) is 18.1. The second-order valence-corrected chi connectivity index (χ2v) is 6.88. The highest BCUT2D eigenvalue weighted by Gasteiger charge is 2.48. The maximum atomic E-state index is 12.4. The van der Waals surface area contributed by atoms with Crippen LogP contribution in [0.5, 0.6) is 0 Å². The molecule has 1 fully saturated rings. The average Bonchev–Trinajstić information content (AvgIpc) is 3.38. The van der Waals surface area contributed by atoms with E-state index in [1.807, 2.05) is 32.0 Å². The smallest absolute Gasteiger partial charge is 0.228 e. The van der Waals surface area contributed by atoms with Crippen molar-refractivity contribution in [3.63, 3.8) is 0 Å². The number of aryl methyl sites for hydroxylation is 2. The summed E-state index contributed by atoms with van der Waals surface area (Å²) in [6.07, 6.45) is 0.537. The third kappa shape index (κ3) is 3.99. The van der Waals surface area contributed by atoms with Crippen molar-refractivity contribution >= 4 is 29.0 Å². The fraction of sp³-hybridized carbons (Fsp3) is 0.286. The van der Waals surface area contributed by atoms with Crippen molar-refractivity contribution in [1.29, 1.82) is 0 Å². The predicted octanol–water partition coefficient (Wildman–Crippen LogP) is 3.72. The standard InChI is InChI=1S/C21H22N2O3/c1-12-7-8-19(13(2)9-12)23-21(26)18-11-17(18)20(25)22-16-6-4-5-15(10-16)14(3)24/h4-10,17-18H,11H2,1-3H3,(H,22,25)(H,23,26). The summed E-state index contributed by atoms with van der Waals surface area (Å²) >= 11 is 0. The maximum Gasteiger partial charge on any atom is 0.228 e. The first kappa shape index (κ1) is 17.9. The van der Waals surface area contributed by atoms with Gasteiger partial charge in [0, 0.05) is 16.9 Å². The van der Waals surface area contributed by atoms with Crippen molar-refractivity contribution in [3.8, 4) is 0 Å². The molecule has 3 rings (SSSR count). The molecule has 2 N–H and O–H groups in total. The van der Waals surface area contributed by atoms with E-state index in [2.05, 4.69) is 10.6 Å². The van der Waals surface area contributed by atoms with E-state index in [1.54, 1.807) is 24.3 Å². The van der Waals surface area contributed by atoms with Gasteiger partial charge in [-0.05, 0) is 51.0 Å². The lowest BCUT2D eigenvalue weighted by Gasteiger charge is -2.09. The minimum absolute atomic E-state index is 0.0572. The van der Waals surface area contributed by atoms with Gasteiger partial charge in [0.2, 0.25) is 11.8 Å². The Morgan fingerprint density at radius 3 is 2.27 bits per heavy atom. The number of carbonyl (C=O) groups excluding carboxylic acids is 3. The Hall–Kier alpha value is -2.95. The molecule has 0 aromatic heterocycles. The molecule has 0 aliphatic heterocycles. The number of nitrogens with one attached hydrogen (secondary N) is 2. The van der Waals surface area contributed by atoms with Crippen LogP contribution >= 0.6 is 0 Å². The van der Waals surface area contributed by atoms with Crippen molar-refractivity contribution in [2.24, 2.45) is 11.8 Å². The lowest BCUT2D eigenvalue weighted by atomic mass is 10.1. The molecule has 1 aliphatic rings. The molecule has 1 aliphatic carbocycles. The zero-order valence-corrected chi connectivity index (χ0v) is 15.1. The van der Waals surface area contributed by atoms with Gasteiger partial charge in [0.05, 0.1) is 11.8 Å². The van der Waals surface area contributed by atoms with Crippen LogP contribution in [0.4, 0.5) is 11.4 Å². The molecular weight excluding hydrogens is 328 g/mol.